The molecule has 0 aliphatic rings. The number of allylic oxidation sites excluding steroid dienone is 15. The molecule has 3 unspecified atom stereocenters. The predicted octanol–water partition coefficient (Wildman–Crippen LogP) is 25.8. The van der Waals surface area contributed by atoms with E-state index < -0.39 is 26.6 Å². The molecule has 0 saturated heterocycles. The fourth-order valence-electron chi connectivity index (χ4n) is 11.9. The van der Waals surface area contributed by atoms with Crippen molar-refractivity contribution >= 4 is 13.7 Å². The van der Waals surface area contributed by atoms with E-state index in [-0.39, 0.29) is 12.5 Å². The van der Waals surface area contributed by atoms with Gasteiger partial charge in [0.15, 0.2) is 0 Å². The fraction of sp³-hybridized carbons (Fsp3) is 0.798. The van der Waals surface area contributed by atoms with E-state index in [0.717, 1.165) is 77.0 Å². The number of nitrogens with one attached hydrogen (secondary N) is 1. The average Bonchev–Trinajstić information content (AvgIpc) is 2.75. The largest absolute Gasteiger partial charge is 0.756 e. The standard InChI is InChI=1S/C84H155N2O6P/c1-6-8-10-12-14-16-18-20-22-24-26-28-30-32-34-36-38-39-40-41-42-43-44-45-46-47-48-50-52-54-56-58-60-62-64-66-68-70-72-74-76-78-84(88)85-82(81-92-93(89,90)91-80-79-86(3,4)5)83(87)77-75-73-71-69-67-65-63-61-59-57-55-53-51-49-37-35-33-31-29-27-25-23-21-19-17-15-13-11-9-7-2/h8,10,14,16,20,22,26,28,32,34,59,61,67,69,75,77,82-83,87H,6-7,9,11-13,15,17-19,21,23-25,27,29-31,33,35-58,60,62-66,68,70-74,76,78-81H2,1-5H3,(H-,85,88,89,90)/b10-8-,16-14-,22-20-,28-26-,34-32-,61-59+,69-67+,77-75+. The zero-order chi connectivity index (χ0) is 67.6. The number of nitrogens with zero attached hydrogens (tertiary/aromatic N) is 1. The molecule has 0 bridgehead atoms. The van der Waals surface area contributed by atoms with Crippen LogP contribution in [0.4, 0.5) is 0 Å². The van der Waals surface area contributed by atoms with E-state index in [4.69, 9.17) is 9.05 Å². The van der Waals surface area contributed by atoms with Crippen molar-refractivity contribution in [3.63, 3.8) is 0 Å². The number of hydrogen-bond donors (Lipinski definition) is 2. The Labute approximate surface area is 579 Å². The maximum atomic E-state index is 13.1. The molecule has 542 valence electrons. The number of likely N-dealkylation sites (N-methyl/N-ethyl adjacent to an activating group) is 1. The molecule has 0 rings (SSSR count). The number of phosphoric ester groups is 1. The summed E-state index contributed by atoms with van der Waals surface area (Å²) in [7, 11) is 1.25. The van der Waals surface area contributed by atoms with E-state index in [2.05, 4.69) is 104 Å². The Balaban J connectivity index is 3.99. The molecule has 8 nitrogen and oxygen atoms in total. The number of carbonyl (C=O) groups is 1. The number of amides is 1. The second-order valence-electron chi connectivity index (χ2n) is 28.4. The van der Waals surface area contributed by atoms with Crippen molar-refractivity contribution in [2.75, 3.05) is 40.9 Å². The van der Waals surface area contributed by atoms with Gasteiger partial charge in [-0.25, -0.2) is 0 Å². The van der Waals surface area contributed by atoms with Crippen molar-refractivity contribution in [3.05, 3.63) is 97.2 Å². The predicted molar refractivity (Wildman–Crippen MR) is 408 cm³/mol. The topological polar surface area (TPSA) is 108 Å². The molecular formula is C84H155N2O6P. The Bertz CT molecular complexity index is 1840. The van der Waals surface area contributed by atoms with E-state index in [0.29, 0.717) is 17.4 Å². The van der Waals surface area contributed by atoms with Gasteiger partial charge in [0.25, 0.3) is 7.82 Å². The summed E-state index contributed by atoms with van der Waals surface area (Å²) in [6.07, 6.45) is 107. The van der Waals surface area contributed by atoms with Crippen molar-refractivity contribution in [2.24, 2.45) is 0 Å². The van der Waals surface area contributed by atoms with E-state index in [9.17, 15) is 19.4 Å². The molecule has 0 radical (unpaired) electrons. The second kappa shape index (κ2) is 73.7. The molecule has 0 aromatic heterocycles. The van der Waals surface area contributed by atoms with Crippen LogP contribution in [0.3, 0.4) is 0 Å². The molecule has 0 spiro atoms. The maximum Gasteiger partial charge on any atom is 0.268 e. The van der Waals surface area contributed by atoms with Crippen LogP contribution in [-0.4, -0.2) is 68.5 Å². The van der Waals surface area contributed by atoms with Gasteiger partial charge in [-0.1, -0.05) is 381 Å². The summed E-state index contributed by atoms with van der Waals surface area (Å²) in [5, 5.41) is 14.0. The SMILES string of the molecule is CC/C=C\C/C=C\C/C=C\C/C=C\C/C=C\CCCCCCCCCCCCCCCCCCCCCCCCCCCC(=O)NC(COP(=O)([O-])OCC[N+](C)(C)C)C(O)/C=C/CC/C=C/CC/C=C/CCCCCCCCCCCCCCCCCCCCCC. The lowest BCUT2D eigenvalue weighted by molar-refractivity contribution is -0.870. The van der Waals surface area contributed by atoms with E-state index in [1.807, 2.05) is 27.2 Å². The van der Waals surface area contributed by atoms with Gasteiger partial charge in [0.05, 0.1) is 39.9 Å². The van der Waals surface area contributed by atoms with Gasteiger partial charge < -0.3 is 28.8 Å². The van der Waals surface area contributed by atoms with Gasteiger partial charge in [0.1, 0.15) is 13.2 Å². The molecule has 2 N–H and O–H groups in total. The minimum Gasteiger partial charge on any atom is -0.756 e. The number of phosphoric acid groups is 1. The normalized spacial score (nSPS) is 14.0. The molecule has 93 heavy (non-hydrogen) atoms. The molecule has 0 fully saturated rings. The summed E-state index contributed by atoms with van der Waals surface area (Å²) in [4.78, 5) is 25.7. The third-order valence-electron chi connectivity index (χ3n) is 18.0. The first kappa shape index (κ1) is 90.4. The molecule has 0 saturated carbocycles. The van der Waals surface area contributed by atoms with Crippen LogP contribution in [0, 0.1) is 0 Å². The van der Waals surface area contributed by atoms with Crippen molar-refractivity contribution < 1.29 is 32.9 Å². The number of carbonyl (C=O) groups excluding carboxylic acids is 1. The highest BCUT2D eigenvalue weighted by atomic mass is 31.2. The van der Waals surface area contributed by atoms with Crippen LogP contribution in [0.1, 0.15) is 380 Å². The zero-order valence-electron chi connectivity index (χ0n) is 62.2. The molecular weight excluding hydrogens is 1160 g/mol. The summed E-state index contributed by atoms with van der Waals surface area (Å²) in [5.41, 5.74) is 0. The van der Waals surface area contributed by atoms with Gasteiger partial charge in [-0.15, -0.1) is 0 Å². The maximum absolute atomic E-state index is 13.1. The summed E-state index contributed by atoms with van der Waals surface area (Å²) in [5.74, 6) is -0.206. The number of aliphatic hydroxyl groups is 1. The molecule has 0 aromatic carbocycles. The molecule has 1 amide bonds. The van der Waals surface area contributed by atoms with E-state index in [1.165, 1.54) is 283 Å². The van der Waals surface area contributed by atoms with Crippen molar-refractivity contribution in [1.29, 1.82) is 0 Å². The molecule has 0 heterocycles. The van der Waals surface area contributed by atoms with Gasteiger partial charge in [0, 0.05) is 6.42 Å². The van der Waals surface area contributed by atoms with Crippen LogP contribution in [0.25, 0.3) is 0 Å². The monoisotopic (exact) mass is 1320 g/mol. The number of quaternary nitrogens is 1. The summed E-state index contributed by atoms with van der Waals surface area (Å²) in [6.45, 7) is 4.55. The number of aliphatic hydroxyl groups excluding tert-OH is 1. The summed E-state index contributed by atoms with van der Waals surface area (Å²) in [6, 6.07) is -0.914. The first-order chi connectivity index (χ1) is 45.5. The highest BCUT2D eigenvalue weighted by Gasteiger charge is 2.23. The van der Waals surface area contributed by atoms with Crippen LogP contribution in [0.15, 0.2) is 97.2 Å². The Morgan fingerprint density at radius 2 is 0.667 bits per heavy atom. The van der Waals surface area contributed by atoms with Gasteiger partial charge in [-0.3, -0.25) is 9.36 Å². The first-order valence-electron chi connectivity index (χ1n) is 40.1. The number of rotatable bonds is 74. The Morgan fingerprint density at radius 3 is 1.00 bits per heavy atom. The third kappa shape index (κ3) is 76.7. The van der Waals surface area contributed by atoms with Crippen LogP contribution >= 0.6 is 7.82 Å². The van der Waals surface area contributed by atoms with Crippen molar-refractivity contribution in [2.45, 2.75) is 392 Å². The zero-order valence-corrected chi connectivity index (χ0v) is 63.1. The second-order valence-corrected chi connectivity index (χ2v) is 29.8. The number of unbranched alkanes of at least 4 members (excludes halogenated alkanes) is 47. The molecule has 0 aliphatic heterocycles. The van der Waals surface area contributed by atoms with Crippen LogP contribution in [0.5, 0.6) is 0 Å². The highest BCUT2D eigenvalue weighted by Crippen LogP contribution is 2.38. The lowest BCUT2D eigenvalue weighted by Gasteiger charge is -2.29. The lowest BCUT2D eigenvalue weighted by atomic mass is 10.0. The van der Waals surface area contributed by atoms with Gasteiger partial charge in [-0.2, -0.15) is 0 Å². The minimum atomic E-state index is -4.62. The lowest BCUT2D eigenvalue weighted by Crippen LogP contribution is -2.45. The summed E-state index contributed by atoms with van der Waals surface area (Å²) >= 11 is 0. The van der Waals surface area contributed by atoms with Crippen molar-refractivity contribution in [3.8, 4) is 0 Å². The molecule has 0 aliphatic carbocycles. The van der Waals surface area contributed by atoms with Crippen LogP contribution in [-0.2, 0) is 18.4 Å². The van der Waals surface area contributed by atoms with Gasteiger partial charge >= 0.3 is 0 Å². The summed E-state index contributed by atoms with van der Waals surface area (Å²) < 4.78 is 23.5. The molecule has 9 heteroatoms. The highest BCUT2D eigenvalue weighted by molar-refractivity contribution is 7.45. The smallest absolute Gasteiger partial charge is 0.268 e. The Morgan fingerprint density at radius 1 is 0.387 bits per heavy atom. The first-order valence-corrected chi connectivity index (χ1v) is 41.6. The fourth-order valence-corrected chi connectivity index (χ4v) is 12.6. The Hall–Kier alpha value is -2.58. The third-order valence-corrected chi connectivity index (χ3v) is 19.0. The molecule has 3 atom stereocenters. The van der Waals surface area contributed by atoms with E-state index >= 15 is 0 Å². The Kier molecular flexibility index (Phi) is 71.6. The van der Waals surface area contributed by atoms with Crippen LogP contribution < -0.4 is 10.2 Å². The van der Waals surface area contributed by atoms with E-state index in [1.54, 1.807) is 6.08 Å². The van der Waals surface area contributed by atoms with Crippen molar-refractivity contribution in [1.82, 2.24) is 5.32 Å². The molecule has 0 aromatic rings. The van der Waals surface area contributed by atoms with Gasteiger partial charge in [0.2, 0.25) is 5.91 Å². The number of hydrogen-bond acceptors (Lipinski definition) is 6. The van der Waals surface area contributed by atoms with Gasteiger partial charge in [-0.05, 0) is 89.9 Å². The quantitative estimate of drug-likeness (QED) is 0.0272. The minimum absolute atomic E-state index is 0.00976. The average molecular weight is 1320 g/mol. The van der Waals surface area contributed by atoms with Crippen LogP contribution in [0.2, 0.25) is 0 Å².